The van der Waals surface area contributed by atoms with E-state index in [1.165, 1.54) is 0 Å². The normalized spacial score (nSPS) is 11.1. The number of hydrogen-bond donors (Lipinski definition) is 2. The van der Waals surface area contributed by atoms with Gasteiger partial charge in [0, 0.05) is 11.8 Å². The average molecular weight is 335 g/mol. The minimum atomic E-state index is -1.06. The highest BCUT2D eigenvalue weighted by atomic mass is 32.1. The quantitative estimate of drug-likeness (QED) is 0.889. The van der Waals surface area contributed by atoms with Crippen molar-refractivity contribution < 1.29 is 19.4 Å². The molecule has 2 N–H and O–H groups in total. The van der Waals surface area contributed by atoms with Gasteiger partial charge in [0.1, 0.15) is 11.4 Å². The van der Waals surface area contributed by atoms with Crippen molar-refractivity contribution in [2.45, 2.75) is 33.3 Å². The van der Waals surface area contributed by atoms with E-state index >= 15 is 0 Å². The SMILES string of the molecule is Cc1nc(C(=O)O)sc1-c1ccc(NC(=O)OC(C)(C)C)nc1. The van der Waals surface area contributed by atoms with Crippen LogP contribution in [0.4, 0.5) is 10.6 Å². The molecule has 23 heavy (non-hydrogen) atoms. The first-order chi connectivity index (χ1) is 10.7. The van der Waals surface area contributed by atoms with Gasteiger partial charge in [0.2, 0.25) is 5.01 Å². The summed E-state index contributed by atoms with van der Waals surface area (Å²) in [6, 6.07) is 3.37. The summed E-state index contributed by atoms with van der Waals surface area (Å²) in [6.07, 6.45) is 0.971. The van der Waals surface area contributed by atoms with Crippen LogP contribution in [0.1, 0.15) is 36.3 Å². The number of carboxylic acids is 1. The Kier molecular flexibility index (Phi) is 4.65. The van der Waals surface area contributed by atoms with Gasteiger partial charge in [0.25, 0.3) is 0 Å². The van der Waals surface area contributed by atoms with E-state index in [2.05, 4.69) is 15.3 Å². The molecule has 0 saturated heterocycles. The molecule has 0 aromatic carbocycles. The van der Waals surface area contributed by atoms with E-state index in [4.69, 9.17) is 9.84 Å². The Labute approximate surface area is 137 Å². The molecule has 2 aromatic rings. The molecule has 0 aliphatic heterocycles. The Morgan fingerprint density at radius 2 is 2.00 bits per heavy atom. The van der Waals surface area contributed by atoms with Crippen LogP contribution in [-0.4, -0.2) is 32.7 Å². The lowest BCUT2D eigenvalue weighted by atomic mass is 10.2. The molecule has 0 spiro atoms. The van der Waals surface area contributed by atoms with Crippen molar-refractivity contribution in [2.24, 2.45) is 0 Å². The van der Waals surface area contributed by atoms with E-state index in [0.717, 1.165) is 21.8 Å². The Morgan fingerprint density at radius 1 is 1.30 bits per heavy atom. The largest absolute Gasteiger partial charge is 0.476 e. The van der Waals surface area contributed by atoms with Crippen LogP contribution in [-0.2, 0) is 4.74 Å². The number of amides is 1. The molecular formula is C15H17N3O4S. The van der Waals surface area contributed by atoms with Crippen molar-refractivity contribution in [2.75, 3.05) is 5.32 Å². The molecule has 0 fully saturated rings. The predicted octanol–water partition coefficient (Wildman–Crippen LogP) is 3.56. The zero-order valence-corrected chi connectivity index (χ0v) is 14.0. The van der Waals surface area contributed by atoms with Crippen LogP contribution < -0.4 is 5.32 Å². The number of carboxylic acid groups (broad SMARTS) is 1. The highest BCUT2D eigenvalue weighted by Gasteiger charge is 2.17. The summed E-state index contributed by atoms with van der Waals surface area (Å²) in [4.78, 5) is 31.5. The monoisotopic (exact) mass is 335 g/mol. The van der Waals surface area contributed by atoms with E-state index in [9.17, 15) is 9.59 Å². The number of nitrogens with zero attached hydrogens (tertiary/aromatic N) is 2. The number of aromatic nitrogens is 2. The Hall–Kier alpha value is -2.48. The second-order valence-corrected chi connectivity index (χ2v) is 6.80. The van der Waals surface area contributed by atoms with Gasteiger partial charge in [-0.15, -0.1) is 11.3 Å². The third kappa shape index (κ3) is 4.49. The van der Waals surface area contributed by atoms with Gasteiger partial charge in [0.15, 0.2) is 0 Å². The summed E-state index contributed by atoms with van der Waals surface area (Å²) < 4.78 is 5.14. The molecule has 0 radical (unpaired) electrons. The van der Waals surface area contributed by atoms with Gasteiger partial charge in [-0.05, 0) is 39.8 Å². The Balaban J connectivity index is 2.14. The van der Waals surface area contributed by atoms with Crippen LogP contribution in [0.15, 0.2) is 18.3 Å². The standard InChI is InChI=1S/C15H17N3O4S/c1-8-11(23-12(17-8)13(19)20)9-5-6-10(16-7-9)18-14(21)22-15(2,3)4/h5-7H,1-4H3,(H,19,20)(H,16,18,21). The molecule has 1 amide bonds. The maximum Gasteiger partial charge on any atom is 0.413 e. The number of pyridine rings is 1. The molecule has 2 heterocycles. The van der Waals surface area contributed by atoms with E-state index in [1.807, 2.05) is 0 Å². The molecule has 0 aliphatic carbocycles. The van der Waals surface area contributed by atoms with Crippen LogP contribution >= 0.6 is 11.3 Å². The lowest BCUT2D eigenvalue weighted by Crippen LogP contribution is -2.27. The number of anilines is 1. The van der Waals surface area contributed by atoms with Crippen molar-refractivity contribution in [3.8, 4) is 10.4 Å². The minimum absolute atomic E-state index is 0.0356. The lowest BCUT2D eigenvalue weighted by molar-refractivity contribution is 0.0633. The number of aryl methyl sites for hydroxylation is 1. The third-order valence-electron chi connectivity index (χ3n) is 2.63. The maximum atomic E-state index is 11.7. The number of rotatable bonds is 3. The Morgan fingerprint density at radius 3 is 2.48 bits per heavy atom. The molecule has 0 aliphatic rings. The second kappa shape index (κ2) is 6.33. The molecule has 0 atom stereocenters. The summed E-state index contributed by atoms with van der Waals surface area (Å²) in [5.41, 5.74) is 0.779. The first kappa shape index (κ1) is 16.9. The van der Waals surface area contributed by atoms with Gasteiger partial charge in [-0.25, -0.2) is 19.6 Å². The van der Waals surface area contributed by atoms with E-state index in [1.54, 1.807) is 46.0 Å². The van der Waals surface area contributed by atoms with Crippen molar-refractivity contribution in [3.05, 3.63) is 29.0 Å². The van der Waals surface area contributed by atoms with Crippen LogP contribution in [0, 0.1) is 6.92 Å². The number of carbonyl (C=O) groups is 2. The zero-order valence-electron chi connectivity index (χ0n) is 13.2. The van der Waals surface area contributed by atoms with Gasteiger partial charge in [-0.2, -0.15) is 0 Å². The fourth-order valence-electron chi connectivity index (χ4n) is 1.77. The van der Waals surface area contributed by atoms with Crippen LogP contribution in [0.2, 0.25) is 0 Å². The highest BCUT2D eigenvalue weighted by molar-refractivity contribution is 7.17. The molecule has 0 bridgehead atoms. The summed E-state index contributed by atoms with van der Waals surface area (Å²) >= 11 is 1.09. The predicted molar refractivity (Wildman–Crippen MR) is 86.9 cm³/mol. The number of carbonyl (C=O) groups excluding carboxylic acids is 1. The fourth-order valence-corrected chi connectivity index (χ4v) is 2.66. The third-order valence-corrected chi connectivity index (χ3v) is 3.83. The van der Waals surface area contributed by atoms with Crippen molar-refractivity contribution in [3.63, 3.8) is 0 Å². The second-order valence-electron chi connectivity index (χ2n) is 5.80. The summed E-state index contributed by atoms with van der Waals surface area (Å²) in [7, 11) is 0. The smallest absolute Gasteiger partial charge is 0.413 e. The first-order valence-corrected chi connectivity index (χ1v) is 7.64. The van der Waals surface area contributed by atoms with Gasteiger partial charge in [-0.1, -0.05) is 0 Å². The van der Waals surface area contributed by atoms with Gasteiger partial charge in [-0.3, -0.25) is 5.32 Å². The summed E-state index contributed by atoms with van der Waals surface area (Å²) in [6.45, 7) is 7.06. The number of ether oxygens (including phenoxy) is 1. The molecule has 8 heteroatoms. The minimum Gasteiger partial charge on any atom is -0.476 e. The number of nitrogens with one attached hydrogen (secondary N) is 1. The summed E-state index contributed by atoms with van der Waals surface area (Å²) in [5, 5.41) is 11.5. The van der Waals surface area contributed by atoms with Crippen molar-refractivity contribution in [1.82, 2.24) is 9.97 Å². The van der Waals surface area contributed by atoms with Crippen molar-refractivity contribution >= 4 is 29.2 Å². The van der Waals surface area contributed by atoms with Crippen molar-refractivity contribution in [1.29, 1.82) is 0 Å². The highest BCUT2D eigenvalue weighted by Crippen LogP contribution is 2.30. The van der Waals surface area contributed by atoms with Crippen LogP contribution in [0.3, 0.4) is 0 Å². The van der Waals surface area contributed by atoms with E-state index in [0.29, 0.717) is 11.5 Å². The molecule has 122 valence electrons. The van der Waals surface area contributed by atoms with Gasteiger partial charge >= 0.3 is 12.1 Å². The van der Waals surface area contributed by atoms with Crippen LogP contribution in [0.5, 0.6) is 0 Å². The van der Waals surface area contributed by atoms with E-state index in [-0.39, 0.29) is 5.01 Å². The molecule has 0 saturated carbocycles. The Bertz CT molecular complexity index is 732. The first-order valence-electron chi connectivity index (χ1n) is 6.83. The number of hydrogen-bond acceptors (Lipinski definition) is 6. The maximum absolute atomic E-state index is 11.7. The molecule has 0 unspecified atom stereocenters. The fraction of sp³-hybridized carbons (Fsp3) is 0.333. The number of thiazole rings is 1. The van der Waals surface area contributed by atoms with E-state index < -0.39 is 17.7 Å². The van der Waals surface area contributed by atoms with Crippen LogP contribution in [0.25, 0.3) is 10.4 Å². The molecule has 7 nitrogen and oxygen atoms in total. The topological polar surface area (TPSA) is 101 Å². The number of aromatic carboxylic acids is 1. The summed E-state index contributed by atoms with van der Waals surface area (Å²) in [5.74, 6) is -0.704. The zero-order chi connectivity index (χ0) is 17.2. The molecular weight excluding hydrogens is 318 g/mol. The molecule has 2 aromatic heterocycles. The average Bonchev–Trinajstić information content (AvgIpc) is 2.80. The lowest BCUT2D eigenvalue weighted by Gasteiger charge is -2.19. The van der Waals surface area contributed by atoms with Gasteiger partial charge < -0.3 is 9.84 Å². The molecule has 2 rings (SSSR count). The van der Waals surface area contributed by atoms with Gasteiger partial charge in [0.05, 0.1) is 10.6 Å².